The molecule has 0 N–H and O–H groups in total. The van der Waals surface area contributed by atoms with Crippen LogP contribution in [0.15, 0.2) is 236 Å². The van der Waals surface area contributed by atoms with Crippen LogP contribution < -0.4 is 0 Å². The predicted molar refractivity (Wildman–Crippen MR) is 305 cm³/mol. The van der Waals surface area contributed by atoms with Crippen molar-refractivity contribution >= 4 is 17.2 Å². The molecule has 0 nitrogen and oxygen atoms in total. The number of allylic oxidation sites excluding steroid dienone is 8. The summed E-state index contributed by atoms with van der Waals surface area (Å²) in [7, 11) is 0. The van der Waals surface area contributed by atoms with Gasteiger partial charge in [0.05, 0.1) is 0 Å². The molecule has 1 atom stereocenters. The number of aryl methyl sites for hydroxylation is 3. The van der Waals surface area contributed by atoms with Crippen LogP contribution in [0.2, 0.25) is 5.02 Å². The van der Waals surface area contributed by atoms with Crippen LogP contribution in [-0.4, -0.2) is 0 Å². The van der Waals surface area contributed by atoms with Gasteiger partial charge in [0.25, 0.3) is 0 Å². The highest BCUT2D eigenvalue weighted by molar-refractivity contribution is 6.31. The smallest absolute Gasteiger partial charge is 0.0435 e. The van der Waals surface area contributed by atoms with Crippen LogP contribution in [0.4, 0.5) is 0 Å². The van der Waals surface area contributed by atoms with Crippen molar-refractivity contribution in [2.75, 3.05) is 0 Å². The first-order valence-electron chi connectivity index (χ1n) is 24.6. The van der Waals surface area contributed by atoms with Gasteiger partial charge in [-0.2, -0.15) is 0 Å². The summed E-state index contributed by atoms with van der Waals surface area (Å²) in [6, 6.07) is 69.1. The molecule has 0 saturated heterocycles. The summed E-state index contributed by atoms with van der Waals surface area (Å²) < 4.78 is 0. The molecule has 348 valence electrons. The first-order valence-corrected chi connectivity index (χ1v) is 25.0. The molecule has 10 rings (SSSR count). The zero-order chi connectivity index (χ0) is 49.0. The first-order chi connectivity index (χ1) is 33.6. The first kappa shape index (κ1) is 51.4. The second kappa shape index (κ2) is 26.5. The average molecular weight is 922 g/mol. The molecule has 1 heteroatoms. The van der Waals surface area contributed by atoms with Gasteiger partial charge >= 0.3 is 0 Å². The maximum absolute atomic E-state index is 5.71. The van der Waals surface area contributed by atoms with Gasteiger partial charge in [-0.1, -0.05) is 244 Å². The normalized spacial score (nSPS) is 13.3. The summed E-state index contributed by atoms with van der Waals surface area (Å²) in [5.41, 5.74) is 21.6. The van der Waals surface area contributed by atoms with Crippen LogP contribution in [0.3, 0.4) is 0 Å². The van der Waals surface area contributed by atoms with Crippen molar-refractivity contribution < 1.29 is 0 Å². The average Bonchev–Trinajstić information content (AvgIpc) is 3.40. The maximum Gasteiger partial charge on any atom is 0.0435 e. The van der Waals surface area contributed by atoms with Gasteiger partial charge in [-0.25, -0.2) is 0 Å². The molecule has 2 aliphatic carbocycles. The maximum atomic E-state index is 5.71. The van der Waals surface area contributed by atoms with Crippen molar-refractivity contribution in [1.29, 1.82) is 0 Å². The van der Waals surface area contributed by atoms with E-state index in [9.17, 15) is 0 Å². The molecule has 69 heavy (non-hydrogen) atoms. The summed E-state index contributed by atoms with van der Waals surface area (Å²) in [5, 5.41) is 0.840. The molecule has 1 unspecified atom stereocenters. The van der Waals surface area contributed by atoms with Crippen molar-refractivity contribution in [3.05, 3.63) is 269 Å². The largest absolute Gasteiger partial charge is 0.0842 e. The quantitative estimate of drug-likeness (QED) is 0.156. The summed E-state index contributed by atoms with van der Waals surface area (Å²) in [5.74, 6) is 0.604. The Morgan fingerprint density at radius 3 is 1.48 bits per heavy atom. The minimum Gasteiger partial charge on any atom is -0.0842 e. The van der Waals surface area contributed by atoms with Crippen LogP contribution in [0.1, 0.15) is 74.8 Å². The SMILES string of the molecule is CC.CC1=CC=CCC1.Cc1ccc(C2=CCC(C)C=C2)cc1-c1ccccc1-c1cccc(-c2cc(-c3ccccc3)cc(-c3ccccc3)c2)c1C.Cc1ccccc1.Cc1ccccc1Cl. The lowest BCUT2D eigenvalue weighted by atomic mass is 9.85. The molecule has 0 amide bonds. The molecule has 0 fully saturated rings. The molecular weight excluding hydrogens is 852 g/mol. The highest BCUT2D eigenvalue weighted by Gasteiger charge is 2.16. The Kier molecular flexibility index (Phi) is 19.8. The second-order valence-electron chi connectivity index (χ2n) is 17.7. The fourth-order valence-electron chi connectivity index (χ4n) is 8.41. The Bertz CT molecular complexity index is 2900. The number of hydrogen-bond donors (Lipinski definition) is 0. The summed E-state index contributed by atoms with van der Waals surface area (Å²) >= 11 is 5.71. The lowest BCUT2D eigenvalue weighted by molar-refractivity contribution is 0.739. The van der Waals surface area contributed by atoms with E-state index in [0.29, 0.717) is 5.92 Å². The Labute approximate surface area is 420 Å². The second-order valence-corrected chi connectivity index (χ2v) is 18.1. The van der Waals surface area contributed by atoms with Crippen LogP contribution in [0, 0.1) is 33.6 Å². The van der Waals surface area contributed by atoms with Crippen molar-refractivity contribution in [2.24, 2.45) is 5.92 Å². The molecule has 0 aromatic heterocycles. The molecule has 8 aromatic rings. The van der Waals surface area contributed by atoms with Gasteiger partial charge < -0.3 is 0 Å². The van der Waals surface area contributed by atoms with Gasteiger partial charge in [0.1, 0.15) is 0 Å². The number of halogens is 1. The van der Waals surface area contributed by atoms with Crippen LogP contribution in [0.25, 0.3) is 61.2 Å². The monoisotopic (exact) mass is 921 g/mol. The Morgan fingerprint density at radius 1 is 0.449 bits per heavy atom. The third kappa shape index (κ3) is 14.8. The predicted octanol–water partition coefficient (Wildman–Crippen LogP) is 20.6. The molecule has 0 heterocycles. The van der Waals surface area contributed by atoms with E-state index in [0.717, 1.165) is 17.0 Å². The van der Waals surface area contributed by atoms with E-state index in [-0.39, 0.29) is 0 Å². The van der Waals surface area contributed by atoms with Gasteiger partial charge in [-0.05, 0) is 174 Å². The van der Waals surface area contributed by atoms with Crippen molar-refractivity contribution in [3.63, 3.8) is 0 Å². The summed E-state index contributed by atoms with van der Waals surface area (Å²) in [4.78, 5) is 0. The topological polar surface area (TPSA) is 0 Å². The summed E-state index contributed by atoms with van der Waals surface area (Å²) in [6.07, 6.45) is 17.1. The van der Waals surface area contributed by atoms with Gasteiger partial charge in [0.15, 0.2) is 0 Å². The fraction of sp³-hybridized carbons (Fsp3) is 0.176. The number of rotatable bonds is 6. The van der Waals surface area contributed by atoms with E-state index in [1.165, 1.54) is 102 Å². The van der Waals surface area contributed by atoms with Gasteiger partial charge in [0.2, 0.25) is 0 Å². The fourth-order valence-corrected chi connectivity index (χ4v) is 8.55. The third-order valence-corrected chi connectivity index (χ3v) is 12.8. The molecular formula is C68H69Cl. The highest BCUT2D eigenvalue weighted by Crippen LogP contribution is 2.41. The van der Waals surface area contributed by atoms with Gasteiger partial charge in [-0.3, -0.25) is 0 Å². The minimum atomic E-state index is 0.604. The highest BCUT2D eigenvalue weighted by atomic mass is 35.5. The van der Waals surface area contributed by atoms with Crippen LogP contribution in [0.5, 0.6) is 0 Å². The van der Waals surface area contributed by atoms with Gasteiger partial charge in [-0.15, -0.1) is 0 Å². The van der Waals surface area contributed by atoms with E-state index >= 15 is 0 Å². The molecule has 8 aromatic carbocycles. The molecule has 0 saturated carbocycles. The van der Waals surface area contributed by atoms with E-state index in [4.69, 9.17) is 11.6 Å². The Balaban J connectivity index is 0.000000264. The summed E-state index contributed by atoms with van der Waals surface area (Å²) in [6.45, 7) is 17.0. The van der Waals surface area contributed by atoms with E-state index in [1.54, 1.807) is 0 Å². The molecule has 0 aliphatic heterocycles. The molecule has 2 aliphatic rings. The van der Waals surface area contributed by atoms with Gasteiger partial charge in [0, 0.05) is 5.02 Å². The van der Waals surface area contributed by atoms with Crippen molar-refractivity contribution in [3.8, 4) is 55.6 Å². The minimum absolute atomic E-state index is 0.604. The van der Waals surface area contributed by atoms with E-state index < -0.39 is 0 Å². The van der Waals surface area contributed by atoms with Crippen LogP contribution in [-0.2, 0) is 0 Å². The number of hydrogen-bond acceptors (Lipinski definition) is 0. The van der Waals surface area contributed by atoms with E-state index in [2.05, 4.69) is 223 Å². The zero-order valence-electron chi connectivity index (χ0n) is 42.0. The Hall–Kier alpha value is -6.99. The third-order valence-electron chi connectivity index (χ3n) is 12.4. The lowest BCUT2D eigenvalue weighted by Gasteiger charge is -2.19. The molecule has 0 radical (unpaired) electrons. The van der Waals surface area contributed by atoms with Crippen molar-refractivity contribution in [2.45, 2.75) is 74.7 Å². The lowest BCUT2D eigenvalue weighted by Crippen LogP contribution is -1.96. The van der Waals surface area contributed by atoms with Crippen LogP contribution >= 0.6 is 11.6 Å². The van der Waals surface area contributed by atoms with E-state index in [1.807, 2.05) is 63.2 Å². The molecule has 0 bridgehead atoms. The molecule has 0 spiro atoms. The zero-order valence-corrected chi connectivity index (χ0v) is 42.8. The number of benzene rings is 8. The Morgan fingerprint density at radius 2 is 0.986 bits per heavy atom. The van der Waals surface area contributed by atoms with Crippen molar-refractivity contribution in [1.82, 2.24) is 0 Å². The standard InChI is InChI=1S/C45H38.C7H7Cl.C7H10.C7H8.C2H6/c1-31-21-24-36(25-22-31)37-26-23-32(2)45(30-37)44-18-11-10-17-43(44)42-20-12-19-41(33(42)3)40-28-38(34-13-6-4-7-14-34)27-39(29-40)35-15-8-5-9-16-35;1-6-4-2-3-5-7(6)8;2*1-7-5-3-2-4-6-7;1-2/h4-21,23-31H,22H2,1-3H3;2-5H,1H3;2-3,5H,4,6H2,1H3;2-6H,1H3;1-2H3.